The van der Waals surface area contributed by atoms with Gasteiger partial charge in [-0.15, -0.1) is 0 Å². The normalized spacial score (nSPS) is 34.2. The second kappa shape index (κ2) is 6.73. The van der Waals surface area contributed by atoms with Gasteiger partial charge in [-0.05, 0) is 39.5 Å². The summed E-state index contributed by atoms with van der Waals surface area (Å²) < 4.78 is 17.4. The van der Waals surface area contributed by atoms with Gasteiger partial charge in [0.25, 0.3) is 0 Å². The van der Waals surface area contributed by atoms with E-state index in [0.29, 0.717) is 18.6 Å². The molecule has 2 rings (SSSR count). The summed E-state index contributed by atoms with van der Waals surface area (Å²) in [5, 5.41) is 0. The second-order valence-corrected chi connectivity index (χ2v) is 12.1. The van der Waals surface area contributed by atoms with E-state index in [1.165, 1.54) is 12.8 Å². The second-order valence-electron chi connectivity index (χ2n) is 7.07. The van der Waals surface area contributed by atoms with Crippen molar-refractivity contribution in [3.63, 3.8) is 0 Å². The van der Waals surface area contributed by atoms with Gasteiger partial charge in [-0.2, -0.15) is 0 Å². The molecule has 116 valence electrons. The molecule has 4 atom stereocenters. The Hall–Kier alpha value is -0.163. The summed E-state index contributed by atoms with van der Waals surface area (Å²) in [4.78, 5) is 0. The average molecular weight is 298 g/mol. The zero-order valence-corrected chi connectivity index (χ0v) is 14.6. The first kappa shape index (κ1) is 16.2. The summed E-state index contributed by atoms with van der Waals surface area (Å²) in [5.41, 5.74) is 4.25. The Balaban J connectivity index is 1.90. The Morgan fingerprint density at radius 2 is 2.05 bits per heavy atom. The van der Waals surface area contributed by atoms with Crippen molar-refractivity contribution >= 4 is 8.07 Å². The highest BCUT2D eigenvalue weighted by molar-refractivity contribution is 6.81. The van der Waals surface area contributed by atoms with E-state index in [4.69, 9.17) is 14.2 Å². The highest BCUT2D eigenvalue weighted by Crippen LogP contribution is 2.42. The first-order valence-corrected chi connectivity index (χ1v) is 11.6. The lowest BCUT2D eigenvalue weighted by atomic mass is 9.94. The number of ether oxygens (including phenoxy) is 3. The molecule has 0 aromatic carbocycles. The lowest BCUT2D eigenvalue weighted by molar-refractivity contribution is -0.268. The van der Waals surface area contributed by atoms with Crippen molar-refractivity contribution in [1.82, 2.24) is 0 Å². The molecule has 1 heterocycles. The van der Waals surface area contributed by atoms with E-state index in [1.807, 2.05) is 13.8 Å². The van der Waals surface area contributed by atoms with Gasteiger partial charge >= 0.3 is 0 Å². The Morgan fingerprint density at radius 3 is 2.70 bits per heavy atom. The molecule has 4 heteroatoms. The van der Waals surface area contributed by atoms with E-state index in [1.54, 1.807) is 5.57 Å². The molecule has 3 nitrogen and oxygen atoms in total. The predicted molar refractivity (Wildman–Crippen MR) is 84.2 cm³/mol. The largest absolute Gasteiger partial charge is 0.353 e. The molecule has 1 saturated carbocycles. The molecule has 0 bridgehead atoms. The van der Waals surface area contributed by atoms with E-state index in [0.717, 1.165) is 12.8 Å². The van der Waals surface area contributed by atoms with E-state index in [-0.39, 0.29) is 12.6 Å². The quantitative estimate of drug-likeness (QED) is 0.565. The summed E-state index contributed by atoms with van der Waals surface area (Å²) in [6, 6.07) is 0. The topological polar surface area (TPSA) is 27.7 Å². The van der Waals surface area contributed by atoms with E-state index >= 15 is 0 Å². The molecule has 0 spiro atoms. The van der Waals surface area contributed by atoms with E-state index in [2.05, 4.69) is 25.3 Å². The molecule has 1 aliphatic heterocycles. The summed E-state index contributed by atoms with van der Waals surface area (Å²) in [6.07, 6.45) is 4.68. The third kappa shape index (κ3) is 4.42. The van der Waals surface area contributed by atoms with Crippen LogP contribution in [0.3, 0.4) is 0 Å². The first-order valence-electron chi connectivity index (χ1n) is 8.03. The lowest BCUT2D eigenvalue weighted by Crippen LogP contribution is -2.36. The zero-order chi connectivity index (χ0) is 14.8. The number of fused-ring (bicyclic) bond motifs is 1. The third-order valence-electron chi connectivity index (χ3n) is 4.05. The fourth-order valence-electron chi connectivity index (χ4n) is 3.37. The molecule has 1 saturated heterocycles. The molecule has 1 aliphatic carbocycles. The zero-order valence-electron chi connectivity index (χ0n) is 13.6. The van der Waals surface area contributed by atoms with Crippen LogP contribution in [-0.4, -0.2) is 33.4 Å². The van der Waals surface area contributed by atoms with Crippen molar-refractivity contribution in [3.05, 3.63) is 11.3 Å². The van der Waals surface area contributed by atoms with Crippen LogP contribution < -0.4 is 0 Å². The maximum absolute atomic E-state index is 6.14. The van der Waals surface area contributed by atoms with Gasteiger partial charge in [-0.25, -0.2) is 0 Å². The van der Waals surface area contributed by atoms with Crippen molar-refractivity contribution < 1.29 is 14.2 Å². The van der Waals surface area contributed by atoms with E-state index in [9.17, 15) is 0 Å². The predicted octanol–water partition coefficient (Wildman–Crippen LogP) is 4.10. The van der Waals surface area contributed by atoms with Gasteiger partial charge in [0, 0.05) is 12.5 Å². The van der Waals surface area contributed by atoms with Crippen LogP contribution in [0, 0.1) is 5.92 Å². The molecule has 2 fully saturated rings. The molecule has 1 unspecified atom stereocenters. The fourth-order valence-corrected chi connectivity index (χ4v) is 4.84. The van der Waals surface area contributed by atoms with Crippen molar-refractivity contribution in [3.8, 4) is 0 Å². The fraction of sp³-hybridized carbons (Fsp3) is 0.875. The summed E-state index contributed by atoms with van der Waals surface area (Å²) in [7, 11) is -1.12. The maximum atomic E-state index is 6.14. The van der Waals surface area contributed by atoms with Crippen LogP contribution in [0.15, 0.2) is 11.3 Å². The highest BCUT2D eigenvalue weighted by Gasteiger charge is 2.39. The van der Waals surface area contributed by atoms with Gasteiger partial charge in [-0.3, -0.25) is 0 Å². The SMILES string of the molecule is CCOC(C)O[C@@H]1CC[C@H]2/C(=C\[Si](C)(C)C)CC[C@H]2O1. The monoisotopic (exact) mass is 298 g/mol. The van der Waals surface area contributed by atoms with Crippen molar-refractivity contribution in [2.75, 3.05) is 6.61 Å². The molecule has 0 aromatic rings. The van der Waals surface area contributed by atoms with Gasteiger partial charge in [0.05, 0.1) is 14.2 Å². The molecular formula is C16H30O3Si. The lowest BCUT2D eigenvalue weighted by Gasteiger charge is -2.34. The molecule has 2 aliphatic rings. The molecular weight excluding hydrogens is 268 g/mol. The first-order chi connectivity index (χ1) is 9.39. The minimum absolute atomic E-state index is 0.0796. The number of hydrogen-bond acceptors (Lipinski definition) is 3. The summed E-state index contributed by atoms with van der Waals surface area (Å²) in [5.74, 6) is 0.643. The van der Waals surface area contributed by atoms with Crippen LogP contribution in [-0.2, 0) is 14.2 Å². The van der Waals surface area contributed by atoms with Crippen LogP contribution in [0.4, 0.5) is 0 Å². The van der Waals surface area contributed by atoms with Crippen molar-refractivity contribution in [1.29, 1.82) is 0 Å². The molecule has 0 radical (unpaired) electrons. The number of rotatable bonds is 5. The van der Waals surface area contributed by atoms with Crippen LogP contribution in [0.1, 0.15) is 39.5 Å². The smallest absolute Gasteiger partial charge is 0.161 e. The Morgan fingerprint density at radius 1 is 1.30 bits per heavy atom. The minimum atomic E-state index is -1.12. The maximum Gasteiger partial charge on any atom is 0.161 e. The van der Waals surface area contributed by atoms with E-state index < -0.39 is 8.07 Å². The minimum Gasteiger partial charge on any atom is -0.353 e. The molecule has 0 aromatic heterocycles. The Kier molecular flexibility index (Phi) is 5.46. The molecule has 0 amide bonds. The van der Waals surface area contributed by atoms with Gasteiger partial charge < -0.3 is 14.2 Å². The highest BCUT2D eigenvalue weighted by atomic mass is 28.3. The van der Waals surface area contributed by atoms with Crippen LogP contribution >= 0.6 is 0 Å². The van der Waals surface area contributed by atoms with Gasteiger partial charge in [-0.1, -0.05) is 30.9 Å². The number of hydrogen-bond donors (Lipinski definition) is 0. The Labute approximate surface area is 124 Å². The van der Waals surface area contributed by atoms with Crippen molar-refractivity contribution in [2.45, 2.75) is 77.9 Å². The summed E-state index contributed by atoms with van der Waals surface area (Å²) >= 11 is 0. The van der Waals surface area contributed by atoms with Crippen LogP contribution in [0.5, 0.6) is 0 Å². The van der Waals surface area contributed by atoms with Crippen LogP contribution in [0.2, 0.25) is 19.6 Å². The molecule has 20 heavy (non-hydrogen) atoms. The molecule has 0 N–H and O–H groups in total. The van der Waals surface area contributed by atoms with Gasteiger partial charge in [0.1, 0.15) is 0 Å². The third-order valence-corrected chi connectivity index (χ3v) is 5.28. The van der Waals surface area contributed by atoms with Crippen LogP contribution in [0.25, 0.3) is 0 Å². The average Bonchev–Trinajstić information content (AvgIpc) is 2.70. The van der Waals surface area contributed by atoms with Gasteiger partial charge in [0.2, 0.25) is 0 Å². The standard InChI is InChI=1S/C16H30O3Si/c1-6-17-12(2)18-16-10-8-14-13(11-20(3,4)5)7-9-15(14)19-16/h11-12,14-16H,6-10H2,1-5H3/b13-11-/t12?,14-,15+,16-/m0/s1. The Bertz CT molecular complexity index is 348. The van der Waals surface area contributed by atoms with Crippen molar-refractivity contribution in [2.24, 2.45) is 5.92 Å². The summed E-state index contributed by atoms with van der Waals surface area (Å²) in [6.45, 7) is 11.8. The van der Waals surface area contributed by atoms with Gasteiger partial charge in [0.15, 0.2) is 12.6 Å².